The molecule has 2 aromatic rings. The summed E-state index contributed by atoms with van der Waals surface area (Å²) in [4.78, 5) is 9.68. The van der Waals surface area contributed by atoms with E-state index in [4.69, 9.17) is 0 Å². The van der Waals surface area contributed by atoms with E-state index in [0.717, 1.165) is 35.6 Å². The van der Waals surface area contributed by atoms with Gasteiger partial charge in [-0.2, -0.15) is 0 Å². The maximum atomic E-state index is 4.19. The van der Waals surface area contributed by atoms with Gasteiger partial charge in [0.2, 0.25) is 0 Å². The van der Waals surface area contributed by atoms with Crippen LogP contribution in [0.1, 0.15) is 11.8 Å². The van der Waals surface area contributed by atoms with E-state index >= 15 is 0 Å². The zero-order valence-electron chi connectivity index (χ0n) is 10.1. The average Bonchev–Trinajstić information content (AvgIpc) is 2.76. The Morgan fingerprint density at radius 3 is 2.67 bits per heavy atom. The lowest BCUT2D eigenvalue weighted by Crippen LogP contribution is -2.07. The van der Waals surface area contributed by atoms with Crippen LogP contribution < -0.4 is 10.6 Å². The molecule has 0 saturated carbocycles. The maximum absolute atomic E-state index is 4.19. The summed E-state index contributed by atoms with van der Waals surface area (Å²) in [5, 5.41) is 8.57. The predicted octanol–water partition coefficient (Wildman–Crippen LogP) is 3.39. The summed E-state index contributed by atoms with van der Waals surface area (Å²) in [6, 6.07) is 4.07. The van der Waals surface area contributed by atoms with Crippen LogP contribution in [0.5, 0.6) is 0 Å². The van der Waals surface area contributed by atoms with Crippen LogP contribution in [-0.4, -0.2) is 23.1 Å². The molecular weight excluding hydrogens is 312 g/mol. The minimum atomic E-state index is 0.855. The number of hydrogen-bond donors (Lipinski definition) is 2. The zero-order chi connectivity index (χ0) is 12.8. The lowest BCUT2D eigenvalue weighted by atomic mass is 10.3. The molecule has 0 fully saturated rings. The molecule has 0 atom stereocenters. The minimum absolute atomic E-state index is 0.855. The monoisotopic (exact) mass is 326 g/mol. The highest BCUT2D eigenvalue weighted by molar-refractivity contribution is 9.10. The molecule has 2 rings (SSSR count). The Morgan fingerprint density at radius 2 is 2.00 bits per heavy atom. The van der Waals surface area contributed by atoms with Crippen molar-refractivity contribution in [3.05, 3.63) is 33.2 Å². The first kappa shape index (κ1) is 13.3. The molecule has 0 radical (unpaired) electrons. The van der Waals surface area contributed by atoms with Gasteiger partial charge in [-0.25, -0.2) is 9.97 Å². The van der Waals surface area contributed by atoms with Crippen LogP contribution >= 0.6 is 27.3 Å². The summed E-state index contributed by atoms with van der Waals surface area (Å²) in [6.07, 6.45) is 2.57. The fourth-order valence-corrected chi connectivity index (χ4v) is 2.99. The Bertz CT molecular complexity index is 500. The van der Waals surface area contributed by atoms with Crippen LogP contribution in [0, 0.1) is 0 Å². The molecule has 0 bridgehead atoms. The average molecular weight is 327 g/mol. The number of aromatic nitrogens is 2. The molecule has 0 aliphatic carbocycles. The largest absolute Gasteiger partial charge is 0.370 e. The number of anilines is 2. The summed E-state index contributed by atoms with van der Waals surface area (Å²) in [5.74, 6) is 1.71. The maximum Gasteiger partial charge on any atom is 0.131 e. The lowest BCUT2D eigenvalue weighted by Gasteiger charge is -2.06. The Labute approximate surface area is 119 Å². The smallest absolute Gasteiger partial charge is 0.131 e. The second-order valence-corrected chi connectivity index (χ2v) is 5.64. The highest BCUT2D eigenvalue weighted by Gasteiger charge is 1.99. The van der Waals surface area contributed by atoms with Gasteiger partial charge in [0, 0.05) is 33.9 Å². The number of nitrogens with one attached hydrogen (secondary N) is 2. The number of rotatable bonds is 6. The van der Waals surface area contributed by atoms with Gasteiger partial charge in [0.15, 0.2) is 0 Å². The first-order valence-electron chi connectivity index (χ1n) is 5.80. The standard InChI is InChI=1S/C12H15BrN4S/c1-2-14-11-6-12(17-8-16-11)15-4-3-10-5-9(13)7-18-10/h5-8H,2-4H2,1H3,(H2,14,15,16,17). The van der Waals surface area contributed by atoms with Crippen molar-refractivity contribution in [2.24, 2.45) is 0 Å². The second-order valence-electron chi connectivity index (χ2n) is 3.73. The van der Waals surface area contributed by atoms with E-state index in [1.54, 1.807) is 17.7 Å². The van der Waals surface area contributed by atoms with Crippen molar-refractivity contribution < 1.29 is 0 Å². The molecule has 4 nitrogen and oxygen atoms in total. The predicted molar refractivity (Wildman–Crippen MR) is 80.4 cm³/mol. The Balaban J connectivity index is 1.84. The Hall–Kier alpha value is -1.14. The highest BCUT2D eigenvalue weighted by atomic mass is 79.9. The van der Waals surface area contributed by atoms with Crippen LogP contribution in [0.25, 0.3) is 0 Å². The van der Waals surface area contributed by atoms with Gasteiger partial charge in [0.25, 0.3) is 0 Å². The molecule has 0 aliphatic rings. The summed E-state index contributed by atoms with van der Waals surface area (Å²) >= 11 is 5.22. The summed E-state index contributed by atoms with van der Waals surface area (Å²) in [5.41, 5.74) is 0. The van der Waals surface area contributed by atoms with Crippen molar-refractivity contribution in [3.63, 3.8) is 0 Å². The van der Waals surface area contributed by atoms with Gasteiger partial charge in [-0.3, -0.25) is 0 Å². The van der Waals surface area contributed by atoms with E-state index in [1.807, 2.05) is 13.0 Å². The van der Waals surface area contributed by atoms with Crippen LogP contribution in [-0.2, 0) is 6.42 Å². The molecule has 0 saturated heterocycles. The molecule has 96 valence electrons. The molecule has 6 heteroatoms. The van der Waals surface area contributed by atoms with Gasteiger partial charge >= 0.3 is 0 Å². The quantitative estimate of drug-likeness (QED) is 0.854. The summed E-state index contributed by atoms with van der Waals surface area (Å²) in [7, 11) is 0. The number of halogens is 1. The van der Waals surface area contributed by atoms with Gasteiger partial charge in [-0.15, -0.1) is 11.3 Å². The van der Waals surface area contributed by atoms with Crippen molar-refractivity contribution >= 4 is 38.9 Å². The van der Waals surface area contributed by atoms with Gasteiger partial charge in [-0.1, -0.05) is 0 Å². The Morgan fingerprint density at radius 1 is 1.22 bits per heavy atom. The molecule has 0 aliphatic heterocycles. The number of nitrogens with zero attached hydrogens (tertiary/aromatic N) is 2. The van der Waals surface area contributed by atoms with E-state index in [1.165, 1.54) is 4.88 Å². The van der Waals surface area contributed by atoms with Crippen molar-refractivity contribution in [2.45, 2.75) is 13.3 Å². The number of thiophene rings is 1. The zero-order valence-corrected chi connectivity index (χ0v) is 12.5. The van der Waals surface area contributed by atoms with Crippen LogP contribution in [0.2, 0.25) is 0 Å². The van der Waals surface area contributed by atoms with Crippen molar-refractivity contribution in [3.8, 4) is 0 Å². The third kappa shape index (κ3) is 3.96. The van der Waals surface area contributed by atoms with Gasteiger partial charge in [-0.05, 0) is 35.3 Å². The van der Waals surface area contributed by atoms with Crippen LogP contribution in [0.4, 0.5) is 11.6 Å². The van der Waals surface area contributed by atoms with E-state index in [9.17, 15) is 0 Å². The van der Waals surface area contributed by atoms with Crippen molar-refractivity contribution in [1.29, 1.82) is 0 Å². The fraction of sp³-hybridized carbons (Fsp3) is 0.333. The van der Waals surface area contributed by atoms with Crippen molar-refractivity contribution in [2.75, 3.05) is 23.7 Å². The molecule has 18 heavy (non-hydrogen) atoms. The number of hydrogen-bond acceptors (Lipinski definition) is 5. The van der Waals surface area contributed by atoms with Gasteiger partial charge < -0.3 is 10.6 Å². The summed E-state index contributed by atoms with van der Waals surface area (Å²) < 4.78 is 1.15. The first-order valence-corrected chi connectivity index (χ1v) is 7.48. The molecule has 0 amide bonds. The third-order valence-electron chi connectivity index (χ3n) is 2.32. The normalized spacial score (nSPS) is 10.3. The topological polar surface area (TPSA) is 49.8 Å². The fourth-order valence-electron chi connectivity index (χ4n) is 1.53. The van der Waals surface area contributed by atoms with Gasteiger partial charge in [0.05, 0.1) is 0 Å². The van der Waals surface area contributed by atoms with Crippen LogP contribution in [0.3, 0.4) is 0 Å². The molecule has 0 aromatic carbocycles. The first-order chi connectivity index (χ1) is 8.78. The molecule has 0 unspecified atom stereocenters. The highest BCUT2D eigenvalue weighted by Crippen LogP contribution is 2.20. The SMILES string of the molecule is CCNc1cc(NCCc2cc(Br)cs2)ncn1. The summed E-state index contributed by atoms with van der Waals surface area (Å²) in [6.45, 7) is 3.78. The molecule has 2 aromatic heterocycles. The Kier molecular flexibility index (Phi) is 4.95. The van der Waals surface area contributed by atoms with Crippen molar-refractivity contribution in [1.82, 2.24) is 9.97 Å². The van der Waals surface area contributed by atoms with E-state index < -0.39 is 0 Å². The van der Waals surface area contributed by atoms with Gasteiger partial charge in [0.1, 0.15) is 18.0 Å². The lowest BCUT2D eigenvalue weighted by molar-refractivity contribution is 1.01. The third-order valence-corrected chi connectivity index (χ3v) is 4.08. The minimum Gasteiger partial charge on any atom is -0.370 e. The molecule has 2 N–H and O–H groups in total. The van der Waals surface area contributed by atoms with E-state index in [-0.39, 0.29) is 0 Å². The van der Waals surface area contributed by atoms with E-state index in [2.05, 4.69) is 48.0 Å². The van der Waals surface area contributed by atoms with E-state index in [0.29, 0.717) is 0 Å². The molecule has 0 spiro atoms. The molecular formula is C12H15BrN4S. The van der Waals surface area contributed by atoms with Crippen LogP contribution in [0.15, 0.2) is 28.3 Å². The second kappa shape index (κ2) is 6.70. The molecule has 2 heterocycles.